The normalized spacial score (nSPS) is 11.3. The monoisotopic (exact) mass is 395 g/mol. The molecule has 0 aliphatic carbocycles. The molecule has 0 fully saturated rings. The van der Waals surface area contributed by atoms with E-state index >= 15 is 0 Å². The fraction of sp³-hybridized carbons (Fsp3) is 0.333. The molecule has 0 radical (unpaired) electrons. The van der Waals surface area contributed by atoms with Gasteiger partial charge in [-0.1, -0.05) is 35.3 Å². The van der Waals surface area contributed by atoms with Crippen molar-refractivity contribution < 1.29 is 4.79 Å². The first-order valence-corrected chi connectivity index (χ1v) is 8.97. The van der Waals surface area contributed by atoms with Gasteiger partial charge < -0.3 is 20.5 Å². The molecule has 1 heterocycles. The number of nitrogens with one attached hydrogen (secondary N) is 3. The summed E-state index contributed by atoms with van der Waals surface area (Å²) in [6, 6.07) is 9.40. The highest BCUT2D eigenvalue weighted by atomic mass is 35.5. The molecule has 0 aliphatic heterocycles. The quantitative estimate of drug-likeness (QED) is 0.519. The standard InChI is InChI=1S/C18H23Cl2N5O/c1-21-17(26)13-6-4-5-12(9-13)7-8-23-18(22-2)24-11-14-10-15(19)16(20)25(14)3/h4-6,9-10H,7-8,11H2,1-3H3,(H,21,26)(H2,22,23,24). The molecule has 3 N–H and O–H groups in total. The molecule has 0 spiro atoms. The highest BCUT2D eigenvalue weighted by Gasteiger charge is 2.09. The zero-order valence-corrected chi connectivity index (χ0v) is 16.6. The van der Waals surface area contributed by atoms with Gasteiger partial charge in [0, 0.05) is 38.9 Å². The SMILES string of the molecule is CN=C(NCCc1cccc(C(=O)NC)c1)NCc1cc(Cl)c(Cl)n1C. The van der Waals surface area contributed by atoms with Crippen LogP contribution in [0, 0.1) is 0 Å². The highest BCUT2D eigenvalue weighted by Crippen LogP contribution is 2.24. The van der Waals surface area contributed by atoms with Crippen LogP contribution in [-0.2, 0) is 20.0 Å². The van der Waals surface area contributed by atoms with E-state index in [4.69, 9.17) is 23.2 Å². The van der Waals surface area contributed by atoms with Crippen molar-refractivity contribution in [2.45, 2.75) is 13.0 Å². The second-order valence-electron chi connectivity index (χ2n) is 5.72. The highest BCUT2D eigenvalue weighted by molar-refractivity contribution is 6.41. The van der Waals surface area contributed by atoms with Gasteiger partial charge in [0.2, 0.25) is 0 Å². The molecule has 0 saturated heterocycles. The molecule has 1 amide bonds. The van der Waals surface area contributed by atoms with E-state index in [2.05, 4.69) is 20.9 Å². The van der Waals surface area contributed by atoms with Crippen LogP contribution in [0.1, 0.15) is 21.6 Å². The summed E-state index contributed by atoms with van der Waals surface area (Å²) in [5, 5.41) is 10.2. The number of carbonyl (C=O) groups excluding carboxylic acids is 1. The number of carbonyl (C=O) groups is 1. The van der Waals surface area contributed by atoms with E-state index in [1.807, 2.05) is 35.9 Å². The predicted octanol–water partition coefficient (Wildman–Crippen LogP) is 2.60. The Bertz CT molecular complexity index is 801. The second kappa shape index (κ2) is 9.50. The van der Waals surface area contributed by atoms with Gasteiger partial charge in [0.1, 0.15) is 5.15 Å². The van der Waals surface area contributed by atoms with Crippen LogP contribution in [0.5, 0.6) is 0 Å². The lowest BCUT2D eigenvalue weighted by molar-refractivity contribution is 0.0963. The van der Waals surface area contributed by atoms with Gasteiger partial charge in [-0.05, 0) is 30.2 Å². The lowest BCUT2D eigenvalue weighted by atomic mass is 10.1. The van der Waals surface area contributed by atoms with Gasteiger partial charge in [-0.3, -0.25) is 9.79 Å². The first-order valence-electron chi connectivity index (χ1n) is 8.21. The molecule has 26 heavy (non-hydrogen) atoms. The van der Waals surface area contributed by atoms with Gasteiger partial charge >= 0.3 is 0 Å². The van der Waals surface area contributed by atoms with Gasteiger partial charge in [0.25, 0.3) is 5.91 Å². The summed E-state index contributed by atoms with van der Waals surface area (Å²) < 4.78 is 1.83. The number of nitrogens with zero attached hydrogens (tertiary/aromatic N) is 2. The maximum atomic E-state index is 11.7. The Labute approximate surface area is 163 Å². The largest absolute Gasteiger partial charge is 0.356 e. The predicted molar refractivity (Wildman–Crippen MR) is 107 cm³/mol. The van der Waals surface area contributed by atoms with Crippen molar-refractivity contribution in [3.05, 3.63) is 57.3 Å². The fourth-order valence-electron chi connectivity index (χ4n) is 2.49. The van der Waals surface area contributed by atoms with Crippen molar-refractivity contribution in [3.63, 3.8) is 0 Å². The van der Waals surface area contributed by atoms with E-state index in [1.165, 1.54) is 0 Å². The van der Waals surface area contributed by atoms with E-state index in [0.29, 0.717) is 34.8 Å². The van der Waals surface area contributed by atoms with Gasteiger partial charge in [-0.2, -0.15) is 0 Å². The van der Waals surface area contributed by atoms with Crippen LogP contribution in [0.4, 0.5) is 0 Å². The first-order chi connectivity index (χ1) is 12.5. The lowest BCUT2D eigenvalue weighted by Crippen LogP contribution is -2.38. The second-order valence-corrected chi connectivity index (χ2v) is 6.48. The number of hydrogen-bond donors (Lipinski definition) is 3. The molecule has 0 bridgehead atoms. The number of amides is 1. The molecule has 1 aromatic carbocycles. The molecule has 1 aromatic heterocycles. The number of rotatable bonds is 6. The van der Waals surface area contributed by atoms with Gasteiger partial charge in [-0.25, -0.2) is 0 Å². The number of hydrogen-bond acceptors (Lipinski definition) is 2. The van der Waals surface area contributed by atoms with Crippen LogP contribution in [0.3, 0.4) is 0 Å². The van der Waals surface area contributed by atoms with Crippen LogP contribution < -0.4 is 16.0 Å². The third-order valence-corrected chi connectivity index (χ3v) is 4.84. The average molecular weight is 396 g/mol. The van der Waals surface area contributed by atoms with Crippen molar-refractivity contribution in [1.29, 1.82) is 0 Å². The van der Waals surface area contributed by atoms with Crippen molar-refractivity contribution in [1.82, 2.24) is 20.5 Å². The number of halogens is 2. The Balaban J connectivity index is 1.85. The first kappa shape index (κ1) is 20.1. The molecule has 6 nitrogen and oxygen atoms in total. The van der Waals surface area contributed by atoms with Crippen molar-refractivity contribution in [3.8, 4) is 0 Å². The summed E-state index contributed by atoms with van der Waals surface area (Å²) in [7, 11) is 5.20. The summed E-state index contributed by atoms with van der Waals surface area (Å²) in [5.74, 6) is 0.595. The van der Waals surface area contributed by atoms with Crippen LogP contribution >= 0.6 is 23.2 Å². The maximum Gasteiger partial charge on any atom is 0.251 e. The van der Waals surface area contributed by atoms with E-state index in [0.717, 1.165) is 17.7 Å². The fourth-order valence-corrected chi connectivity index (χ4v) is 2.91. The number of benzene rings is 1. The average Bonchev–Trinajstić information content (AvgIpc) is 2.90. The lowest BCUT2D eigenvalue weighted by Gasteiger charge is -2.13. The summed E-state index contributed by atoms with van der Waals surface area (Å²) >= 11 is 12.1. The van der Waals surface area contributed by atoms with Crippen LogP contribution in [0.2, 0.25) is 10.2 Å². The zero-order chi connectivity index (χ0) is 19.1. The molecule has 140 valence electrons. The van der Waals surface area contributed by atoms with E-state index in [-0.39, 0.29) is 5.91 Å². The Hall–Kier alpha value is -2.18. The van der Waals surface area contributed by atoms with Crippen molar-refractivity contribution >= 4 is 35.1 Å². The Morgan fingerprint density at radius 3 is 2.62 bits per heavy atom. The smallest absolute Gasteiger partial charge is 0.251 e. The van der Waals surface area contributed by atoms with E-state index in [1.54, 1.807) is 20.2 Å². The summed E-state index contributed by atoms with van der Waals surface area (Å²) in [4.78, 5) is 15.9. The topological polar surface area (TPSA) is 70.4 Å². The third-order valence-electron chi connectivity index (χ3n) is 4.00. The number of aromatic nitrogens is 1. The molecular formula is C18H23Cl2N5O. The van der Waals surface area contributed by atoms with Crippen LogP contribution in [0.15, 0.2) is 35.3 Å². The summed E-state index contributed by atoms with van der Waals surface area (Å²) in [6.07, 6.45) is 0.771. The summed E-state index contributed by atoms with van der Waals surface area (Å²) in [5.41, 5.74) is 2.70. The molecular weight excluding hydrogens is 373 g/mol. The maximum absolute atomic E-state index is 11.7. The Kier molecular flexibility index (Phi) is 7.36. The zero-order valence-electron chi connectivity index (χ0n) is 15.1. The van der Waals surface area contributed by atoms with Crippen molar-refractivity contribution in [2.75, 3.05) is 20.6 Å². The van der Waals surface area contributed by atoms with Gasteiger partial charge in [0.15, 0.2) is 5.96 Å². The molecule has 2 aromatic rings. The third kappa shape index (κ3) is 5.16. The molecule has 0 atom stereocenters. The number of guanidine groups is 1. The number of aliphatic imine (C=N–C) groups is 1. The van der Waals surface area contributed by atoms with Gasteiger partial charge in [0.05, 0.1) is 11.6 Å². The molecule has 2 rings (SSSR count). The minimum atomic E-state index is -0.0859. The summed E-state index contributed by atoms with van der Waals surface area (Å²) in [6.45, 7) is 1.24. The van der Waals surface area contributed by atoms with Crippen LogP contribution in [-0.4, -0.2) is 37.1 Å². The molecule has 0 unspecified atom stereocenters. The molecule has 0 aliphatic rings. The van der Waals surface area contributed by atoms with E-state index in [9.17, 15) is 4.79 Å². The van der Waals surface area contributed by atoms with Gasteiger partial charge in [-0.15, -0.1) is 0 Å². The minimum Gasteiger partial charge on any atom is -0.356 e. The molecule has 8 heteroatoms. The van der Waals surface area contributed by atoms with Crippen molar-refractivity contribution in [2.24, 2.45) is 12.0 Å². The Morgan fingerprint density at radius 2 is 2.00 bits per heavy atom. The van der Waals surface area contributed by atoms with E-state index < -0.39 is 0 Å². The Morgan fingerprint density at radius 1 is 1.23 bits per heavy atom. The minimum absolute atomic E-state index is 0.0859. The molecule has 0 saturated carbocycles. The van der Waals surface area contributed by atoms with Crippen LogP contribution in [0.25, 0.3) is 0 Å².